The van der Waals surface area contributed by atoms with Crippen LogP contribution in [-0.4, -0.2) is 17.1 Å². The molecule has 2 rings (SSSR count). The molecule has 1 heterocycles. The molecule has 0 aliphatic rings. The Morgan fingerprint density at radius 2 is 2.18 bits per heavy atom. The van der Waals surface area contributed by atoms with E-state index in [0.29, 0.717) is 21.8 Å². The second-order valence-corrected chi connectivity index (χ2v) is 4.04. The van der Waals surface area contributed by atoms with Crippen molar-refractivity contribution in [2.24, 2.45) is 0 Å². The molecule has 2 N–H and O–H groups in total. The van der Waals surface area contributed by atoms with Crippen molar-refractivity contribution in [2.75, 3.05) is 12.8 Å². The van der Waals surface area contributed by atoms with E-state index in [1.165, 1.54) is 7.11 Å². The molecule has 0 saturated heterocycles. The molecule has 88 valence electrons. The number of hydrogen-bond acceptors (Lipinski definition) is 5. The van der Waals surface area contributed by atoms with Gasteiger partial charge in [-0.1, -0.05) is 6.07 Å². The average molecular weight is 296 g/mol. The molecule has 0 aliphatic heterocycles. The summed E-state index contributed by atoms with van der Waals surface area (Å²) in [5, 5.41) is 0. The van der Waals surface area contributed by atoms with Gasteiger partial charge in [-0.15, -0.1) is 0 Å². The highest BCUT2D eigenvalue weighted by Gasteiger charge is 2.06. The maximum absolute atomic E-state index is 5.64. The Labute approximate surface area is 107 Å². The summed E-state index contributed by atoms with van der Waals surface area (Å²) in [6, 6.07) is 7.23. The summed E-state index contributed by atoms with van der Waals surface area (Å²) >= 11 is 3.26. The van der Waals surface area contributed by atoms with Gasteiger partial charge in [0.25, 0.3) is 0 Å². The Hall–Kier alpha value is -1.82. The zero-order valence-corrected chi connectivity index (χ0v) is 10.6. The Morgan fingerprint density at radius 3 is 2.88 bits per heavy atom. The maximum atomic E-state index is 5.64. The monoisotopic (exact) mass is 295 g/mol. The fraction of sp³-hybridized carbons (Fsp3) is 0.0909. The normalized spacial score (nSPS) is 10.0. The molecule has 17 heavy (non-hydrogen) atoms. The molecule has 0 atom stereocenters. The van der Waals surface area contributed by atoms with Crippen molar-refractivity contribution in [3.63, 3.8) is 0 Å². The molecule has 2 aromatic rings. The van der Waals surface area contributed by atoms with Crippen molar-refractivity contribution in [3.8, 4) is 17.6 Å². The molecule has 0 spiro atoms. The van der Waals surface area contributed by atoms with Crippen molar-refractivity contribution in [1.82, 2.24) is 9.97 Å². The SMILES string of the molecule is COc1nc(Oc2cccc(N)c2)ncc1Br. The second kappa shape index (κ2) is 5.01. The Kier molecular flexibility index (Phi) is 3.43. The van der Waals surface area contributed by atoms with Gasteiger partial charge in [0.15, 0.2) is 0 Å². The van der Waals surface area contributed by atoms with Gasteiger partial charge in [-0.2, -0.15) is 4.98 Å². The topological polar surface area (TPSA) is 70.3 Å². The lowest BCUT2D eigenvalue weighted by Crippen LogP contribution is -1.96. The molecule has 0 unspecified atom stereocenters. The van der Waals surface area contributed by atoms with Crippen LogP contribution in [0, 0.1) is 0 Å². The van der Waals surface area contributed by atoms with Gasteiger partial charge in [-0.3, -0.25) is 0 Å². The van der Waals surface area contributed by atoms with Gasteiger partial charge in [0.2, 0.25) is 5.88 Å². The van der Waals surface area contributed by atoms with Gasteiger partial charge in [0.1, 0.15) is 5.75 Å². The first-order valence-electron chi connectivity index (χ1n) is 4.79. The summed E-state index contributed by atoms with van der Waals surface area (Å²) in [6.45, 7) is 0. The van der Waals surface area contributed by atoms with Crippen LogP contribution in [0.4, 0.5) is 5.69 Å². The Morgan fingerprint density at radius 1 is 1.35 bits per heavy atom. The van der Waals surface area contributed by atoms with Crippen LogP contribution < -0.4 is 15.2 Å². The van der Waals surface area contributed by atoms with Gasteiger partial charge in [0, 0.05) is 11.8 Å². The number of nitrogens with zero attached hydrogens (tertiary/aromatic N) is 2. The molecule has 1 aromatic heterocycles. The molecule has 0 fully saturated rings. The van der Waals surface area contributed by atoms with Crippen molar-refractivity contribution >= 4 is 21.6 Å². The zero-order valence-electron chi connectivity index (χ0n) is 9.05. The third-order valence-electron chi connectivity index (χ3n) is 1.95. The highest BCUT2D eigenvalue weighted by Crippen LogP contribution is 2.25. The number of anilines is 1. The summed E-state index contributed by atoms with van der Waals surface area (Å²) in [5.41, 5.74) is 6.26. The van der Waals surface area contributed by atoms with E-state index in [1.54, 1.807) is 30.5 Å². The number of nitrogens with two attached hydrogens (primary N) is 1. The van der Waals surface area contributed by atoms with Crippen LogP contribution in [0.5, 0.6) is 17.6 Å². The third kappa shape index (κ3) is 2.85. The fourth-order valence-corrected chi connectivity index (χ4v) is 1.56. The average Bonchev–Trinajstić information content (AvgIpc) is 2.32. The van der Waals surface area contributed by atoms with Gasteiger partial charge < -0.3 is 15.2 Å². The van der Waals surface area contributed by atoms with E-state index in [9.17, 15) is 0 Å². The molecule has 6 heteroatoms. The summed E-state index contributed by atoms with van der Waals surface area (Å²) in [5.74, 6) is 0.994. The molecule has 1 aromatic carbocycles. The minimum Gasteiger partial charge on any atom is -0.480 e. The predicted octanol–water partition coefficient (Wildman–Crippen LogP) is 2.62. The molecule has 0 amide bonds. The fourth-order valence-electron chi connectivity index (χ4n) is 1.21. The molecular weight excluding hydrogens is 286 g/mol. The van der Waals surface area contributed by atoms with Crippen molar-refractivity contribution < 1.29 is 9.47 Å². The summed E-state index contributed by atoms with van der Waals surface area (Å²) in [4.78, 5) is 8.08. The number of ether oxygens (including phenoxy) is 2. The maximum Gasteiger partial charge on any atom is 0.325 e. The smallest absolute Gasteiger partial charge is 0.325 e. The van der Waals surface area contributed by atoms with Crippen LogP contribution in [0.2, 0.25) is 0 Å². The van der Waals surface area contributed by atoms with Gasteiger partial charge in [-0.05, 0) is 28.1 Å². The number of aromatic nitrogens is 2. The number of halogens is 1. The highest BCUT2D eigenvalue weighted by molar-refractivity contribution is 9.10. The van der Waals surface area contributed by atoms with E-state index in [-0.39, 0.29) is 6.01 Å². The van der Waals surface area contributed by atoms with E-state index in [0.717, 1.165) is 0 Å². The lowest BCUT2D eigenvalue weighted by Gasteiger charge is -2.06. The number of nitrogen functional groups attached to an aromatic ring is 1. The first-order chi connectivity index (χ1) is 8.19. The standard InChI is InChI=1S/C11H10BrN3O2/c1-16-10-9(12)6-14-11(15-10)17-8-4-2-3-7(13)5-8/h2-6H,13H2,1H3. The van der Waals surface area contributed by atoms with Crippen molar-refractivity contribution in [1.29, 1.82) is 0 Å². The summed E-state index contributed by atoms with van der Waals surface area (Å²) < 4.78 is 11.2. The van der Waals surface area contributed by atoms with Crippen molar-refractivity contribution in [3.05, 3.63) is 34.9 Å². The molecule has 0 aliphatic carbocycles. The lowest BCUT2D eigenvalue weighted by molar-refractivity contribution is 0.373. The minimum atomic E-state index is 0.204. The zero-order chi connectivity index (χ0) is 12.3. The van der Waals surface area contributed by atoms with E-state index >= 15 is 0 Å². The number of hydrogen-bond donors (Lipinski definition) is 1. The Bertz CT molecular complexity index is 534. The lowest BCUT2D eigenvalue weighted by atomic mass is 10.3. The van der Waals surface area contributed by atoms with Crippen LogP contribution >= 0.6 is 15.9 Å². The molecule has 5 nitrogen and oxygen atoms in total. The van der Waals surface area contributed by atoms with E-state index in [1.807, 2.05) is 0 Å². The van der Waals surface area contributed by atoms with E-state index in [4.69, 9.17) is 15.2 Å². The minimum absolute atomic E-state index is 0.204. The predicted molar refractivity (Wildman–Crippen MR) is 67.2 cm³/mol. The van der Waals surface area contributed by atoms with Crippen LogP contribution in [0.3, 0.4) is 0 Å². The van der Waals surface area contributed by atoms with E-state index in [2.05, 4.69) is 25.9 Å². The van der Waals surface area contributed by atoms with Gasteiger partial charge in [-0.25, -0.2) is 4.98 Å². The molecule has 0 saturated carbocycles. The van der Waals surface area contributed by atoms with Crippen LogP contribution in [0.25, 0.3) is 0 Å². The van der Waals surface area contributed by atoms with E-state index < -0.39 is 0 Å². The van der Waals surface area contributed by atoms with Crippen LogP contribution in [0.15, 0.2) is 34.9 Å². The van der Waals surface area contributed by atoms with Crippen molar-refractivity contribution in [2.45, 2.75) is 0 Å². The van der Waals surface area contributed by atoms with Gasteiger partial charge >= 0.3 is 6.01 Å². The number of rotatable bonds is 3. The molecular formula is C11H10BrN3O2. The summed E-state index contributed by atoms with van der Waals surface area (Å²) in [6.07, 6.45) is 1.56. The molecule has 0 bridgehead atoms. The third-order valence-corrected chi connectivity index (χ3v) is 2.49. The largest absolute Gasteiger partial charge is 0.480 e. The Balaban J connectivity index is 2.24. The second-order valence-electron chi connectivity index (χ2n) is 3.18. The van der Waals surface area contributed by atoms with Gasteiger partial charge in [0.05, 0.1) is 17.8 Å². The van der Waals surface area contributed by atoms with Crippen LogP contribution in [-0.2, 0) is 0 Å². The number of methoxy groups -OCH3 is 1. The quantitative estimate of drug-likeness (QED) is 0.882. The highest BCUT2D eigenvalue weighted by atomic mass is 79.9. The van der Waals surface area contributed by atoms with Crippen LogP contribution in [0.1, 0.15) is 0 Å². The first-order valence-corrected chi connectivity index (χ1v) is 5.58. The number of benzene rings is 1. The summed E-state index contributed by atoms with van der Waals surface area (Å²) in [7, 11) is 1.53. The first kappa shape index (κ1) is 11.7. The molecule has 0 radical (unpaired) electrons.